The molecule has 1 N–H and O–H groups in total. The second-order valence-corrected chi connectivity index (χ2v) is 8.84. The average Bonchev–Trinajstić information content (AvgIpc) is 3.07. The Bertz CT molecular complexity index is 984. The number of anilines is 1. The second-order valence-electron chi connectivity index (χ2n) is 7.23. The van der Waals surface area contributed by atoms with Crippen molar-refractivity contribution in [2.45, 2.75) is 31.9 Å². The molecule has 2 aromatic carbocycles. The van der Waals surface area contributed by atoms with Gasteiger partial charge in [0.1, 0.15) is 11.0 Å². The van der Waals surface area contributed by atoms with Crippen LogP contribution in [0.1, 0.15) is 26.7 Å². The van der Waals surface area contributed by atoms with Crippen LogP contribution in [0.15, 0.2) is 53.5 Å². The third-order valence-corrected chi connectivity index (χ3v) is 6.16. The summed E-state index contributed by atoms with van der Waals surface area (Å²) in [6.07, 6.45) is 0.726. The van der Waals surface area contributed by atoms with Gasteiger partial charge in [0.05, 0.1) is 12.3 Å². The summed E-state index contributed by atoms with van der Waals surface area (Å²) in [6, 6.07) is 14.3. The first-order valence-electron chi connectivity index (χ1n) is 10.9. The molecule has 0 saturated carbocycles. The Morgan fingerprint density at radius 3 is 2.67 bits per heavy atom. The van der Waals surface area contributed by atoms with Gasteiger partial charge in [-0.05, 0) is 62.7 Å². The Kier molecular flexibility index (Phi) is 9.60. The van der Waals surface area contributed by atoms with E-state index in [-0.39, 0.29) is 18.2 Å². The lowest BCUT2D eigenvalue weighted by Gasteiger charge is -2.16. The Morgan fingerprint density at radius 1 is 1.18 bits per heavy atom. The van der Waals surface area contributed by atoms with Crippen molar-refractivity contribution in [1.82, 2.24) is 4.90 Å². The van der Waals surface area contributed by atoms with Gasteiger partial charge in [0.2, 0.25) is 11.8 Å². The van der Waals surface area contributed by atoms with Crippen LogP contribution in [0.5, 0.6) is 5.75 Å². The predicted octanol–water partition coefficient (Wildman–Crippen LogP) is 5.13. The van der Waals surface area contributed by atoms with Gasteiger partial charge in [-0.1, -0.05) is 29.4 Å². The minimum Gasteiger partial charge on any atom is -0.494 e. The van der Waals surface area contributed by atoms with E-state index in [1.54, 1.807) is 29.2 Å². The van der Waals surface area contributed by atoms with Crippen molar-refractivity contribution in [3.8, 4) is 5.75 Å². The Balaban J connectivity index is 1.71. The molecule has 7 nitrogen and oxygen atoms in total. The molecule has 1 heterocycles. The first kappa shape index (κ1) is 25.1. The van der Waals surface area contributed by atoms with Crippen LogP contribution >= 0.6 is 23.4 Å². The first-order valence-corrected chi connectivity index (χ1v) is 12.2. The van der Waals surface area contributed by atoms with Gasteiger partial charge >= 0.3 is 0 Å². The first-order chi connectivity index (χ1) is 16.0. The molecule has 2 amide bonds. The van der Waals surface area contributed by atoms with Crippen LogP contribution in [0.3, 0.4) is 0 Å². The summed E-state index contributed by atoms with van der Waals surface area (Å²) < 4.78 is 10.9. The molecule has 0 aliphatic carbocycles. The van der Waals surface area contributed by atoms with Crippen LogP contribution in [0, 0.1) is 0 Å². The highest BCUT2D eigenvalue weighted by molar-refractivity contribution is 8.15. The number of ether oxygens (including phenoxy) is 2. The molecule has 1 aliphatic heterocycles. The summed E-state index contributed by atoms with van der Waals surface area (Å²) in [5.74, 6) is 0.392. The third kappa shape index (κ3) is 7.48. The van der Waals surface area contributed by atoms with Crippen LogP contribution in [0.2, 0.25) is 5.02 Å². The van der Waals surface area contributed by atoms with Crippen molar-refractivity contribution in [2.75, 3.05) is 31.7 Å². The van der Waals surface area contributed by atoms with E-state index < -0.39 is 5.25 Å². The molecule has 1 saturated heterocycles. The zero-order valence-corrected chi connectivity index (χ0v) is 20.3. The highest BCUT2D eigenvalue weighted by Crippen LogP contribution is 2.32. The summed E-state index contributed by atoms with van der Waals surface area (Å²) in [6.45, 7) is 6.12. The molecule has 0 aromatic heterocycles. The van der Waals surface area contributed by atoms with Gasteiger partial charge in [0.25, 0.3) is 0 Å². The van der Waals surface area contributed by atoms with Gasteiger partial charge in [0.15, 0.2) is 5.17 Å². The number of rotatable bonds is 11. The standard InChI is InChI=1S/C24H28ClN3O4S/c1-3-31-14-6-13-28-23(30)21(16-22(29)26-19-8-5-7-17(25)15-19)33-24(28)27-18-9-11-20(12-10-18)32-4-2/h5,7-12,15,21H,3-4,6,13-14,16H2,1-2H3,(H,26,29). The molecule has 1 atom stereocenters. The number of hydrogen-bond donors (Lipinski definition) is 1. The molecule has 176 valence electrons. The maximum atomic E-state index is 13.1. The highest BCUT2D eigenvalue weighted by atomic mass is 35.5. The van der Waals surface area contributed by atoms with E-state index in [1.165, 1.54) is 11.8 Å². The van der Waals surface area contributed by atoms with E-state index in [1.807, 2.05) is 38.1 Å². The predicted molar refractivity (Wildman–Crippen MR) is 134 cm³/mol. The molecular weight excluding hydrogens is 462 g/mol. The van der Waals surface area contributed by atoms with Gasteiger partial charge in [-0.15, -0.1) is 0 Å². The molecule has 9 heteroatoms. The number of amidine groups is 1. The lowest BCUT2D eigenvalue weighted by atomic mass is 10.2. The Morgan fingerprint density at radius 2 is 1.97 bits per heavy atom. The number of carbonyl (C=O) groups excluding carboxylic acids is 2. The van der Waals surface area contributed by atoms with Crippen molar-refractivity contribution in [2.24, 2.45) is 4.99 Å². The molecule has 1 fully saturated rings. The summed E-state index contributed by atoms with van der Waals surface area (Å²) in [4.78, 5) is 32.0. The molecule has 2 aromatic rings. The zero-order valence-electron chi connectivity index (χ0n) is 18.8. The van der Waals surface area contributed by atoms with Crippen molar-refractivity contribution in [3.63, 3.8) is 0 Å². The van der Waals surface area contributed by atoms with Gasteiger partial charge in [0, 0.05) is 36.9 Å². The fraction of sp³-hybridized carbons (Fsp3) is 0.375. The smallest absolute Gasteiger partial charge is 0.242 e. The Labute approximate surface area is 203 Å². The van der Waals surface area contributed by atoms with E-state index in [0.717, 1.165) is 5.75 Å². The van der Waals surface area contributed by atoms with Gasteiger partial charge in [-0.2, -0.15) is 0 Å². The Hall–Kier alpha value is -2.55. The minimum atomic E-state index is -0.544. The molecule has 1 aliphatic rings. The average molecular weight is 490 g/mol. The van der Waals surface area contributed by atoms with E-state index >= 15 is 0 Å². The van der Waals surface area contributed by atoms with Gasteiger partial charge in [-0.25, -0.2) is 4.99 Å². The van der Waals surface area contributed by atoms with Crippen molar-refractivity contribution < 1.29 is 19.1 Å². The molecule has 33 heavy (non-hydrogen) atoms. The lowest BCUT2D eigenvalue weighted by Crippen LogP contribution is -2.34. The number of nitrogens with zero attached hydrogens (tertiary/aromatic N) is 2. The molecule has 0 spiro atoms. The largest absolute Gasteiger partial charge is 0.494 e. The maximum Gasteiger partial charge on any atom is 0.242 e. The van der Waals surface area contributed by atoms with Crippen LogP contribution in [0.25, 0.3) is 0 Å². The lowest BCUT2D eigenvalue weighted by molar-refractivity contribution is -0.128. The fourth-order valence-corrected chi connectivity index (χ4v) is 4.61. The second kappa shape index (κ2) is 12.6. The number of aliphatic imine (C=N–C) groups is 1. The van der Waals surface area contributed by atoms with E-state index in [9.17, 15) is 9.59 Å². The number of amides is 2. The van der Waals surface area contributed by atoms with Crippen molar-refractivity contribution >= 4 is 51.7 Å². The number of hydrogen-bond acceptors (Lipinski definition) is 6. The highest BCUT2D eigenvalue weighted by Gasteiger charge is 2.38. The number of thioether (sulfide) groups is 1. The van der Waals surface area contributed by atoms with E-state index in [2.05, 4.69) is 10.3 Å². The third-order valence-electron chi connectivity index (χ3n) is 4.75. The number of nitrogens with one attached hydrogen (secondary N) is 1. The van der Waals surface area contributed by atoms with Gasteiger partial charge < -0.3 is 14.8 Å². The van der Waals surface area contributed by atoms with Crippen LogP contribution in [-0.4, -0.2) is 53.5 Å². The maximum absolute atomic E-state index is 13.1. The van der Waals surface area contributed by atoms with Crippen molar-refractivity contribution in [1.29, 1.82) is 0 Å². The van der Waals surface area contributed by atoms with Crippen molar-refractivity contribution in [3.05, 3.63) is 53.6 Å². The molecule has 1 unspecified atom stereocenters. The number of benzene rings is 2. The normalized spacial score (nSPS) is 16.9. The summed E-state index contributed by atoms with van der Waals surface area (Å²) >= 11 is 7.29. The molecule has 0 radical (unpaired) electrons. The topological polar surface area (TPSA) is 80.2 Å². The summed E-state index contributed by atoms with van der Waals surface area (Å²) in [5, 5.41) is 3.38. The minimum absolute atomic E-state index is 0.0419. The van der Waals surface area contributed by atoms with Crippen LogP contribution < -0.4 is 10.1 Å². The van der Waals surface area contributed by atoms with Crippen LogP contribution in [-0.2, 0) is 14.3 Å². The fourth-order valence-electron chi connectivity index (χ4n) is 3.24. The number of halogens is 1. The van der Waals surface area contributed by atoms with Gasteiger partial charge in [-0.3, -0.25) is 14.5 Å². The molecule has 0 bridgehead atoms. The summed E-state index contributed by atoms with van der Waals surface area (Å²) in [7, 11) is 0. The zero-order chi connectivity index (χ0) is 23.6. The van der Waals surface area contributed by atoms with Crippen LogP contribution in [0.4, 0.5) is 11.4 Å². The number of carbonyl (C=O) groups is 2. The van der Waals surface area contributed by atoms with E-state index in [4.69, 9.17) is 21.1 Å². The molecule has 3 rings (SSSR count). The van der Waals surface area contributed by atoms with E-state index in [0.29, 0.717) is 54.4 Å². The quantitative estimate of drug-likeness (QED) is 0.443. The summed E-state index contributed by atoms with van der Waals surface area (Å²) in [5.41, 5.74) is 1.31. The monoisotopic (exact) mass is 489 g/mol. The SMILES string of the molecule is CCOCCCN1C(=O)C(CC(=O)Nc2cccc(Cl)c2)SC1=Nc1ccc(OCC)cc1. The molecular formula is C24H28ClN3O4S.